The minimum Gasteiger partial charge on any atom is -0.479 e. The van der Waals surface area contributed by atoms with Gasteiger partial charge in [0.25, 0.3) is 11.8 Å². The van der Waals surface area contributed by atoms with Crippen molar-refractivity contribution in [3.8, 4) is 5.75 Å². The van der Waals surface area contributed by atoms with Crippen molar-refractivity contribution in [1.29, 1.82) is 0 Å². The molecule has 1 heterocycles. The third-order valence-corrected chi connectivity index (χ3v) is 4.84. The fourth-order valence-corrected chi connectivity index (χ4v) is 3.22. The zero-order valence-corrected chi connectivity index (χ0v) is 16.0. The Kier molecular flexibility index (Phi) is 6.35. The van der Waals surface area contributed by atoms with Gasteiger partial charge in [0.1, 0.15) is 5.75 Å². The summed E-state index contributed by atoms with van der Waals surface area (Å²) in [5, 5.41) is 3.25. The number of hydrogen-bond donors (Lipinski definition) is 1. The summed E-state index contributed by atoms with van der Waals surface area (Å²) in [6, 6.07) is 14.0. The van der Waals surface area contributed by atoms with Gasteiger partial charge in [0.2, 0.25) is 0 Å². The zero-order valence-electron chi connectivity index (χ0n) is 15.3. The third-order valence-electron chi connectivity index (χ3n) is 4.53. The predicted octanol–water partition coefficient (Wildman–Crippen LogP) is 4.37. The van der Waals surface area contributed by atoms with Gasteiger partial charge in [-0.25, -0.2) is 0 Å². The largest absolute Gasteiger partial charge is 0.479 e. The van der Waals surface area contributed by atoms with Crippen LogP contribution in [0.1, 0.15) is 36.5 Å². The number of nitrogens with zero attached hydrogens (tertiary/aromatic N) is 1. The lowest BCUT2D eigenvalue weighted by Gasteiger charge is -2.26. The zero-order chi connectivity index (χ0) is 19.2. The van der Waals surface area contributed by atoms with E-state index in [0.717, 1.165) is 25.9 Å². The van der Waals surface area contributed by atoms with Crippen molar-refractivity contribution < 1.29 is 14.3 Å². The van der Waals surface area contributed by atoms with Gasteiger partial charge in [-0.2, -0.15) is 0 Å². The summed E-state index contributed by atoms with van der Waals surface area (Å²) in [5.74, 6) is 0.152. The van der Waals surface area contributed by atoms with Crippen molar-refractivity contribution in [2.45, 2.75) is 32.3 Å². The second-order valence-electron chi connectivity index (χ2n) is 6.61. The highest BCUT2D eigenvalue weighted by Gasteiger charge is 2.20. The number of para-hydroxylation sites is 1. The summed E-state index contributed by atoms with van der Waals surface area (Å²) in [5.41, 5.74) is 1.15. The average Bonchev–Trinajstić information content (AvgIpc) is 2.70. The van der Waals surface area contributed by atoms with Crippen molar-refractivity contribution in [2.75, 3.05) is 18.4 Å². The molecule has 0 aromatic heterocycles. The molecule has 1 aliphatic heterocycles. The van der Waals surface area contributed by atoms with E-state index in [2.05, 4.69) is 5.32 Å². The Bertz CT molecular complexity index is 819. The molecule has 5 nitrogen and oxygen atoms in total. The first kappa shape index (κ1) is 19.2. The molecule has 0 aliphatic carbocycles. The van der Waals surface area contributed by atoms with Crippen molar-refractivity contribution >= 4 is 29.1 Å². The van der Waals surface area contributed by atoms with E-state index in [1.54, 1.807) is 55.5 Å². The second kappa shape index (κ2) is 8.91. The van der Waals surface area contributed by atoms with E-state index in [9.17, 15) is 9.59 Å². The van der Waals surface area contributed by atoms with Crippen LogP contribution in [0.3, 0.4) is 0 Å². The second-order valence-corrected chi connectivity index (χ2v) is 7.02. The van der Waals surface area contributed by atoms with Crippen LogP contribution >= 0.6 is 11.6 Å². The van der Waals surface area contributed by atoms with E-state index in [4.69, 9.17) is 16.3 Å². The first-order chi connectivity index (χ1) is 13.0. The van der Waals surface area contributed by atoms with Crippen LogP contribution in [-0.2, 0) is 4.79 Å². The fourth-order valence-electron chi connectivity index (χ4n) is 3.04. The SMILES string of the molecule is CC(Oc1ccccc1Cl)C(=O)Nc1cccc(C(=O)N2CCCCC2)c1. The first-order valence-corrected chi connectivity index (χ1v) is 9.54. The summed E-state index contributed by atoms with van der Waals surface area (Å²) < 4.78 is 5.63. The van der Waals surface area contributed by atoms with Gasteiger partial charge in [-0.1, -0.05) is 29.8 Å². The van der Waals surface area contributed by atoms with Gasteiger partial charge in [0.15, 0.2) is 6.10 Å². The molecule has 0 spiro atoms. The third kappa shape index (κ3) is 5.01. The van der Waals surface area contributed by atoms with Crippen LogP contribution < -0.4 is 10.1 Å². The van der Waals surface area contributed by atoms with Crippen molar-refractivity contribution in [2.24, 2.45) is 0 Å². The fraction of sp³-hybridized carbons (Fsp3) is 0.333. The van der Waals surface area contributed by atoms with E-state index < -0.39 is 6.10 Å². The van der Waals surface area contributed by atoms with Crippen LogP contribution in [0.4, 0.5) is 5.69 Å². The molecule has 1 atom stereocenters. The maximum atomic E-state index is 12.6. The van der Waals surface area contributed by atoms with Gasteiger partial charge in [-0.15, -0.1) is 0 Å². The molecule has 1 fully saturated rings. The summed E-state index contributed by atoms with van der Waals surface area (Å²) in [6.07, 6.45) is 2.52. The average molecular weight is 387 g/mol. The quantitative estimate of drug-likeness (QED) is 0.829. The lowest BCUT2D eigenvalue weighted by atomic mass is 10.1. The Labute approximate surface area is 164 Å². The highest BCUT2D eigenvalue weighted by molar-refractivity contribution is 6.32. The maximum absolute atomic E-state index is 12.6. The Balaban J connectivity index is 1.64. The minimum absolute atomic E-state index is 0.00571. The van der Waals surface area contributed by atoms with Crippen molar-refractivity contribution in [1.82, 2.24) is 4.90 Å². The van der Waals surface area contributed by atoms with Gasteiger partial charge in [0.05, 0.1) is 5.02 Å². The summed E-state index contributed by atoms with van der Waals surface area (Å²) in [4.78, 5) is 26.9. The molecular formula is C21H23ClN2O3. The number of carbonyl (C=O) groups is 2. The molecule has 142 valence electrons. The number of piperidine rings is 1. The molecular weight excluding hydrogens is 364 g/mol. The van der Waals surface area contributed by atoms with E-state index in [1.165, 1.54) is 6.42 Å². The highest BCUT2D eigenvalue weighted by atomic mass is 35.5. The van der Waals surface area contributed by atoms with Crippen LogP contribution in [0.15, 0.2) is 48.5 Å². The number of hydrogen-bond acceptors (Lipinski definition) is 3. The number of amides is 2. The van der Waals surface area contributed by atoms with Crippen LogP contribution in [0, 0.1) is 0 Å². The summed E-state index contributed by atoms with van der Waals surface area (Å²) in [7, 11) is 0. The highest BCUT2D eigenvalue weighted by Crippen LogP contribution is 2.24. The predicted molar refractivity (Wildman–Crippen MR) is 106 cm³/mol. The molecule has 3 rings (SSSR count). The van der Waals surface area contributed by atoms with Gasteiger partial charge >= 0.3 is 0 Å². The Morgan fingerprint density at radius 2 is 1.81 bits per heavy atom. The van der Waals surface area contributed by atoms with Crippen molar-refractivity contribution in [3.63, 3.8) is 0 Å². The molecule has 0 saturated carbocycles. The van der Waals surface area contributed by atoms with E-state index >= 15 is 0 Å². The van der Waals surface area contributed by atoms with Crippen molar-refractivity contribution in [3.05, 3.63) is 59.1 Å². The minimum atomic E-state index is -0.730. The van der Waals surface area contributed by atoms with Crippen LogP contribution in [0.25, 0.3) is 0 Å². The molecule has 2 aromatic carbocycles. The Morgan fingerprint density at radius 3 is 2.56 bits per heavy atom. The molecule has 0 radical (unpaired) electrons. The molecule has 27 heavy (non-hydrogen) atoms. The van der Waals surface area contributed by atoms with Crippen LogP contribution in [-0.4, -0.2) is 35.9 Å². The van der Waals surface area contributed by atoms with E-state index in [-0.39, 0.29) is 11.8 Å². The number of benzene rings is 2. The molecule has 2 aromatic rings. The molecule has 6 heteroatoms. The van der Waals surface area contributed by atoms with Crippen LogP contribution in [0.2, 0.25) is 5.02 Å². The number of ether oxygens (including phenoxy) is 1. The smallest absolute Gasteiger partial charge is 0.265 e. The number of rotatable bonds is 5. The number of anilines is 1. The summed E-state index contributed by atoms with van der Waals surface area (Å²) >= 11 is 6.06. The van der Waals surface area contributed by atoms with Gasteiger partial charge in [0, 0.05) is 24.3 Å². The number of halogens is 1. The van der Waals surface area contributed by atoms with E-state index in [1.807, 2.05) is 4.90 Å². The number of likely N-dealkylation sites (tertiary alicyclic amines) is 1. The molecule has 1 saturated heterocycles. The Hall–Kier alpha value is -2.53. The maximum Gasteiger partial charge on any atom is 0.265 e. The molecule has 0 bridgehead atoms. The summed E-state index contributed by atoms with van der Waals surface area (Å²) in [6.45, 7) is 3.23. The lowest BCUT2D eigenvalue weighted by molar-refractivity contribution is -0.122. The Morgan fingerprint density at radius 1 is 1.07 bits per heavy atom. The number of carbonyl (C=O) groups excluding carboxylic acids is 2. The van der Waals surface area contributed by atoms with Gasteiger partial charge < -0.3 is 15.0 Å². The molecule has 1 aliphatic rings. The van der Waals surface area contributed by atoms with Gasteiger partial charge in [-0.05, 0) is 56.5 Å². The van der Waals surface area contributed by atoms with Gasteiger partial charge in [-0.3, -0.25) is 9.59 Å². The number of nitrogens with one attached hydrogen (secondary N) is 1. The molecule has 1 unspecified atom stereocenters. The van der Waals surface area contributed by atoms with Crippen LogP contribution in [0.5, 0.6) is 5.75 Å². The molecule has 1 N–H and O–H groups in total. The topological polar surface area (TPSA) is 58.6 Å². The molecule has 2 amide bonds. The first-order valence-electron chi connectivity index (χ1n) is 9.16. The standard InChI is InChI=1S/C21H23ClN2O3/c1-15(27-19-11-4-3-10-18(19)22)20(25)23-17-9-7-8-16(14-17)21(26)24-12-5-2-6-13-24/h3-4,7-11,14-15H,2,5-6,12-13H2,1H3,(H,23,25). The lowest BCUT2D eigenvalue weighted by Crippen LogP contribution is -2.35. The van der Waals surface area contributed by atoms with E-state index in [0.29, 0.717) is 22.0 Å². The monoisotopic (exact) mass is 386 g/mol. The normalized spacial score (nSPS) is 15.1.